The van der Waals surface area contributed by atoms with Gasteiger partial charge in [-0.3, -0.25) is 0 Å². The van der Waals surface area contributed by atoms with Gasteiger partial charge in [-0.2, -0.15) is 0 Å². The molecule has 2 N–H and O–H groups in total. The molecular formula is C15H17NO3. The van der Waals surface area contributed by atoms with Gasteiger partial charge in [0.1, 0.15) is 11.3 Å². The van der Waals surface area contributed by atoms with Gasteiger partial charge in [0.2, 0.25) is 0 Å². The lowest BCUT2D eigenvalue weighted by atomic mass is 10.0. The third-order valence-electron chi connectivity index (χ3n) is 3.01. The predicted octanol–water partition coefficient (Wildman–Crippen LogP) is 2.34. The van der Waals surface area contributed by atoms with E-state index in [1.165, 1.54) is 12.1 Å². The Labute approximate surface area is 111 Å². The maximum atomic E-state index is 11.5. The zero-order chi connectivity index (χ0) is 13.8. The van der Waals surface area contributed by atoms with E-state index in [0.29, 0.717) is 18.7 Å². The number of aryl methyl sites for hydroxylation is 1. The molecule has 0 saturated carbocycles. The zero-order valence-corrected chi connectivity index (χ0v) is 10.9. The fourth-order valence-corrected chi connectivity index (χ4v) is 2.05. The fourth-order valence-electron chi connectivity index (χ4n) is 2.05. The molecule has 4 nitrogen and oxygen atoms in total. The number of benzene rings is 1. The molecule has 0 aliphatic heterocycles. The Bertz CT molecular complexity index is 658. The van der Waals surface area contributed by atoms with Gasteiger partial charge in [-0.15, -0.1) is 6.58 Å². The first-order valence-corrected chi connectivity index (χ1v) is 6.26. The van der Waals surface area contributed by atoms with E-state index in [2.05, 4.69) is 11.9 Å². The first-order valence-electron chi connectivity index (χ1n) is 6.26. The van der Waals surface area contributed by atoms with Gasteiger partial charge >= 0.3 is 5.63 Å². The topological polar surface area (TPSA) is 62.5 Å². The summed E-state index contributed by atoms with van der Waals surface area (Å²) in [6.07, 6.45) is 2.48. The highest BCUT2D eigenvalue weighted by molar-refractivity contribution is 5.82. The van der Waals surface area contributed by atoms with Crippen molar-refractivity contribution in [3.63, 3.8) is 0 Å². The largest absolute Gasteiger partial charge is 0.508 e. The van der Waals surface area contributed by atoms with Gasteiger partial charge < -0.3 is 14.8 Å². The molecule has 1 aromatic carbocycles. The molecule has 4 heteroatoms. The summed E-state index contributed by atoms with van der Waals surface area (Å²) in [4.78, 5) is 11.5. The number of phenols is 1. The van der Waals surface area contributed by atoms with E-state index in [1.54, 1.807) is 6.08 Å². The molecule has 0 saturated heterocycles. The molecule has 2 aromatic rings. The summed E-state index contributed by atoms with van der Waals surface area (Å²) in [6.45, 7) is 6.83. The van der Waals surface area contributed by atoms with Crippen molar-refractivity contribution in [2.24, 2.45) is 0 Å². The highest BCUT2D eigenvalue weighted by atomic mass is 16.4. The summed E-state index contributed by atoms with van der Waals surface area (Å²) in [6, 6.07) is 4.86. The molecule has 0 amide bonds. The van der Waals surface area contributed by atoms with E-state index in [1.807, 2.05) is 13.0 Å². The molecule has 100 valence electrons. The average molecular weight is 259 g/mol. The Hall–Kier alpha value is -2.07. The van der Waals surface area contributed by atoms with Crippen LogP contribution in [0.4, 0.5) is 0 Å². The van der Waals surface area contributed by atoms with Crippen molar-refractivity contribution in [2.75, 3.05) is 6.54 Å². The van der Waals surface area contributed by atoms with Crippen LogP contribution >= 0.6 is 0 Å². The van der Waals surface area contributed by atoms with Crippen molar-refractivity contribution in [1.29, 1.82) is 0 Å². The normalized spacial score (nSPS) is 10.8. The highest BCUT2D eigenvalue weighted by Gasteiger charge is 2.09. The van der Waals surface area contributed by atoms with Crippen LogP contribution in [0.5, 0.6) is 5.75 Å². The first-order chi connectivity index (χ1) is 9.15. The van der Waals surface area contributed by atoms with E-state index in [-0.39, 0.29) is 5.75 Å². The lowest BCUT2D eigenvalue weighted by Crippen LogP contribution is -2.14. The van der Waals surface area contributed by atoms with E-state index in [9.17, 15) is 9.90 Å². The van der Waals surface area contributed by atoms with Crippen LogP contribution in [0.25, 0.3) is 11.0 Å². The molecule has 0 fully saturated rings. The van der Waals surface area contributed by atoms with Crippen LogP contribution in [-0.4, -0.2) is 11.7 Å². The molecule has 1 aromatic heterocycles. The lowest BCUT2D eigenvalue weighted by Gasteiger charge is -2.08. The minimum absolute atomic E-state index is 0.161. The van der Waals surface area contributed by atoms with Crippen molar-refractivity contribution < 1.29 is 9.52 Å². The summed E-state index contributed by atoms with van der Waals surface area (Å²) in [5, 5.41) is 13.8. The molecule has 0 unspecified atom stereocenters. The number of rotatable bonds is 5. The first kappa shape index (κ1) is 13.4. The molecule has 0 aliphatic rings. The summed E-state index contributed by atoms with van der Waals surface area (Å²) >= 11 is 0. The molecule has 0 aliphatic carbocycles. The molecule has 0 atom stereocenters. The van der Waals surface area contributed by atoms with Crippen molar-refractivity contribution in [3.05, 3.63) is 52.4 Å². The van der Waals surface area contributed by atoms with Crippen LogP contribution < -0.4 is 10.9 Å². The van der Waals surface area contributed by atoms with Gasteiger partial charge in [0, 0.05) is 30.6 Å². The highest BCUT2D eigenvalue weighted by Crippen LogP contribution is 2.26. The molecule has 0 spiro atoms. The van der Waals surface area contributed by atoms with E-state index in [4.69, 9.17) is 4.42 Å². The van der Waals surface area contributed by atoms with Crippen molar-refractivity contribution >= 4 is 11.0 Å². The van der Waals surface area contributed by atoms with Gasteiger partial charge in [-0.1, -0.05) is 13.0 Å². The molecular weight excluding hydrogens is 242 g/mol. The summed E-state index contributed by atoms with van der Waals surface area (Å²) in [5.74, 6) is 0.161. The standard InChI is InChI=1S/C15H17NO3/c1-3-5-16-9-11-7-15(18)19-14-8-13(17)10(4-2)6-12(11)14/h3,6-8,16-17H,1,4-5,9H2,2H3. The quantitative estimate of drug-likeness (QED) is 0.491. The monoisotopic (exact) mass is 259 g/mol. The van der Waals surface area contributed by atoms with Crippen molar-refractivity contribution in [3.8, 4) is 5.75 Å². The number of phenolic OH excluding ortho intramolecular Hbond substituents is 1. The lowest BCUT2D eigenvalue weighted by molar-refractivity contribution is 0.466. The molecule has 19 heavy (non-hydrogen) atoms. The van der Waals surface area contributed by atoms with E-state index >= 15 is 0 Å². The van der Waals surface area contributed by atoms with E-state index < -0.39 is 5.63 Å². The Morgan fingerprint density at radius 2 is 2.16 bits per heavy atom. The van der Waals surface area contributed by atoms with Gasteiger partial charge in [0.05, 0.1) is 0 Å². The summed E-state index contributed by atoms with van der Waals surface area (Å²) in [7, 11) is 0. The van der Waals surface area contributed by atoms with Gasteiger partial charge in [-0.05, 0) is 23.6 Å². The van der Waals surface area contributed by atoms with Crippen LogP contribution in [0.15, 0.2) is 40.1 Å². The maximum absolute atomic E-state index is 11.5. The van der Waals surface area contributed by atoms with Crippen molar-refractivity contribution in [1.82, 2.24) is 5.32 Å². The second-order valence-corrected chi connectivity index (χ2v) is 4.34. The Balaban J connectivity index is 2.54. The third kappa shape index (κ3) is 2.85. The minimum atomic E-state index is -0.411. The average Bonchev–Trinajstić information content (AvgIpc) is 2.38. The van der Waals surface area contributed by atoms with Gasteiger partial charge in [-0.25, -0.2) is 4.79 Å². The predicted molar refractivity (Wildman–Crippen MR) is 75.4 cm³/mol. The third-order valence-corrected chi connectivity index (χ3v) is 3.01. The number of aromatic hydroxyl groups is 1. The Morgan fingerprint density at radius 1 is 1.37 bits per heavy atom. The number of fused-ring (bicyclic) bond motifs is 1. The number of hydrogen-bond donors (Lipinski definition) is 2. The minimum Gasteiger partial charge on any atom is -0.508 e. The number of hydrogen-bond acceptors (Lipinski definition) is 4. The molecule has 2 rings (SSSR count). The second-order valence-electron chi connectivity index (χ2n) is 4.34. The summed E-state index contributed by atoms with van der Waals surface area (Å²) < 4.78 is 5.13. The Morgan fingerprint density at radius 3 is 2.84 bits per heavy atom. The van der Waals surface area contributed by atoms with Gasteiger partial charge in [0.15, 0.2) is 0 Å². The van der Waals surface area contributed by atoms with Crippen LogP contribution in [0, 0.1) is 0 Å². The zero-order valence-electron chi connectivity index (χ0n) is 10.9. The number of nitrogens with one attached hydrogen (secondary N) is 1. The van der Waals surface area contributed by atoms with Gasteiger partial charge in [0.25, 0.3) is 0 Å². The van der Waals surface area contributed by atoms with Crippen LogP contribution in [0.1, 0.15) is 18.1 Å². The van der Waals surface area contributed by atoms with Crippen LogP contribution in [0.2, 0.25) is 0 Å². The smallest absolute Gasteiger partial charge is 0.336 e. The molecule has 1 heterocycles. The maximum Gasteiger partial charge on any atom is 0.336 e. The molecule has 0 bridgehead atoms. The van der Waals surface area contributed by atoms with Crippen LogP contribution in [0.3, 0.4) is 0 Å². The van der Waals surface area contributed by atoms with Crippen LogP contribution in [-0.2, 0) is 13.0 Å². The summed E-state index contributed by atoms with van der Waals surface area (Å²) in [5.41, 5.74) is 1.71. The van der Waals surface area contributed by atoms with Crippen molar-refractivity contribution in [2.45, 2.75) is 19.9 Å². The Kier molecular flexibility index (Phi) is 4.02. The second kappa shape index (κ2) is 5.71. The molecule has 0 radical (unpaired) electrons. The fraction of sp³-hybridized carbons (Fsp3) is 0.267. The SMILES string of the molecule is C=CCNCc1cc(=O)oc2cc(O)c(CC)cc12. The van der Waals surface area contributed by atoms with E-state index in [0.717, 1.165) is 22.9 Å².